The van der Waals surface area contributed by atoms with Gasteiger partial charge in [0.15, 0.2) is 0 Å². The topological polar surface area (TPSA) is 80.4 Å². The van der Waals surface area contributed by atoms with E-state index in [0.717, 1.165) is 16.5 Å². The van der Waals surface area contributed by atoms with Crippen LogP contribution in [0.25, 0.3) is 10.9 Å². The molecule has 0 saturated heterocycles. The van der Waals surface area contributed by atoms with E-state index in [1.807, 2.05) is 44.3 Å². The van der Waals surface area contributed by atoms with Gasteiger partial charge in [-0.1, -0.05) is 18.2 Å². The van der Waals surface area contributed by atoms with E-state index < -0.39 is 15.6 Å². The molecule has 0 radical (unpaired) electrons. The van der Waals surface area contributed by atoms with Crippen LogP contribution in [-0.4, -0.2) is 33.2 Å². The lowest BCUT2D eigenvalue weighted by atomic mass is 9.96. The van der Waals surface area contributed by atoms with Crippen LogP contribution in [-0.2, 0) is 16.4 Å². The molecule has 2 N–H and O–H groups in total. The molecular formula is C20H24N2O4S. The van der Waals surface area contributed by atoms with Gasteiger partial charge in [0.05, 0.1) is 14.2 Å². The number of para-hydroxylation sites is 1. The van der Waals surface area contributed by atoms with Gasteiger partial charge in [-0.15, -0.1) is 0 Å². The molecule has 0 bridgehead atoms. The molecule has 2 aromatic carbocycles. The summed E-state index contributed by atoms with van der Waals surface area (Å²) in [6.07, 6.45) is 2.46. The van der Waals surface area contributed by atoms with Crippen molar-refractivity contribution >= 4 is 20.9 Å². The summed E-state index contributed by atoms with van der Waals surface area (Å²) in [5, 5.41) is 1.09. The number of benzene rings is 2. The van der Waals surface area contributed by atoms with Crippen molar-refractivity contribution in [1.29, 1.82) is 0 Å². The van der Waals surface area contributed by atoms with Crippen LogP contribution >= 0.6 is 0 Å². The Kier molecular flexibility index (Phi) is 5.17. The molecule has 0 atom stereocenters. The highest BCUT2D eigenvalue weighted by atomic mass is 32.2. The van der Waals surface area contributed by atoms with Crippen LogP contribution in [0.1, 0.15) is 19.4 Å². The molecule has 0 amide bonds. The molecule has 0 fully saturated rings. The van der Waals surface area contributed by atoms with Gasteiger partial charge in [-0.05, 0) is 44.0 Å². The minimum atomic E-state index is -3.78. The molecule has 3 rings (SSSR count). The van der Waals surface area contributed by atoms with Crippen molar-refractivity contribution in [3.05, 3.63) is 54.2 Å². The molecule has 0 aliphatic heterocycles. The van der Waals surface area contributed by atoms with Crippen LogP contribution in [0.15, 0.2) is 53.6 Å². The maximum absolute atomic E-state index is 13.0. The molecule has 6 nitrogen and oxygen atoms in total. The van der Waals surface area contributed by atoms with E-state index in [4.69, 9.17) is 9.47 Å². The summed E-state index contributed by atoms with van der Waals surface area (Å²) in [6, 6.07) is 12.6. The minimum absolute atomic E-state index is 0.0813. The maximum Gasteiger partial charge on any atom is 0.244 e. The zero-order valence-electron chi connectivity index (χ0n) is 15.9. The number of sulfonamides is 1. The number of H-pyrrole nitrogens is 1. The molecule has 27 heavy (non-hydrogen) atoms. The second-order valence-corrected chi connectivity index (χ2v) is 8.69. The zero-order valence-corrected chi connectivity index (χ0v) is 16.7. The van der Waals surface area contributed by atoms with E-state index in [9.17, 15) is 8.42 Å². The van der Waals surface area contributed by atoms with E-state index in [2.05, 4.69) is 9.71 Å². The first-order valence-corrected chi connectivity index (χ1v) is 10.0. The van der Waals surface area contributed by atoms with Crippen LogP contribution in [0.5, 0.6) is 11.5 Å². The molecule has 0 aliphatic carbocycles. The molecule has 0 saturated carbocycles. The molecule has 0 unspecified atom stereocenters. The van der Waals surface area contributed by atoms with Crippen LogP contribution in [0.2, 0.25) is 0 Å². The SMILES string of the molecule is COc1ccc(S(=O)(=O)NC(C)(C)Cc2c[nH]c3ccccc23)c(OC)c1. The minimum Gasteiger partial charge on any atom is -0.497 e. The van der Waals surface area contributed by atoms with Crippen molar-refractivity contribution < 1.29 is 17.9 Å². The summed E-state index contributed by atoms with van der Waals surface area (Å²) in [6.45, 7) is 3.73. The summed E-state index contributed by atoms with van der Waals surface area (Å²) in [5.41, 5.74) is 1.39. The van der Waals surface area contributed by atoms with E-state index in [1.165, 1.54) is 20.3 Å². The fourth-order valence-corrected chi connectivity index (χ4v) is 4.77. The second-order valence-electron chi connectivity index (χ2n) is 7.04. The number of nitrogens with one attached hydrogen (secondary N) is 2. The monoisotopic (exact) mass is 388 g/mol. The lowest BCUT2D eigenvalue weighted by molar-refractivity contribution is 0.384. The average molecular weight is 388 g/mol. The summed E-state index contributed by atoms with van der Waals surface area (Å²) >= 11 is 0. The van der Waals surface area contributed by atoms with Gasteiger partial charge in [0.2, 0.25) is 10.0 Å². The van der Waals surface area contributed by atoms with Crippen molar-refractivity contribution in [2.45, 2.75) is 30.7 Å². The van der Waals surface area contributed by atoms with E-state index in [-0.39, 0.29) is 10.6 Å². The normalized spacial score (nSPS) is 12.3. The molecule has 144 valence electrons. The zero-order chi connectivity index (χ0) is 19.7. The Bertz CT molecular complexity index is 1050. The number of aromatic amines is 1. The first kappa shape index (κ1) is 19.3. The first-order valence-electron chi connectivity index (χ1n) is 8.57. The highest BCUT2D eigenvalue weighted by molar-refractivity contribution is 7.89. The third-order valence-electron chi connectivity index (χ3n) is 4.38. The standard InChI is InChI=1S/C20H24N2O4S/c1-20(2,12-14-13-21-17-8-6-5-7-16(14)17)22-27(23,24)19-10-9-15(25-3)11-18(19)26-4/h5-11,13,21-22H,12H2,1-4H3. The highest BCUT2D eigenvalue weighted by Gasteiger charge is 2.29. The van der Waals surface area contributed by atoms with Crippen LogP contribution < -0.4 is 14.2 Å². The number of rotatable bonds is 7. The Labute approximate surface area is 159 Å². The van der Waals surface area contributed by atoms with Crippen LogP contribution in [0.4, 0.5) is 0 Å². The quantitative estimate of drug-likeness (QED) is 0.649. The smallest absolute Gasteiger partial charge is 0.244 e. The van der Waals surface area contributed by atoms with E-state index >= 15 is 0 Å². The molecule has 3 aromatic rings. The van der Waals surface area contributed by atoms with Gasteiger partial charge < -0.3 is 14.5 Å². The molecule has 1 heterocycles. The molecule has 0 spiro atoms. The number of hydrogen-bond donors (Lipinski definition) is 2. The molecule has 0 aliphatic rings. The average Bonchev–Trinajstić information content (AvgIpc) is 3.02. The van der Waals surface area contributed by atoms with Crippen LogP contribution in [0.3, 0.4) is 0 Å². The maximum atomic E-state index is 13.0. The van der Waals surface area contributed by atoms with Gasteiger partial charge in [-0.3, -0.25) is 0 Å². The summed E-state index contributed by atoms with van der Waals surface area (Å²) < 4.78 is 39.1. The number of hydrogen-bond acceptors (Lipinski definition) is 4. The second kappa shape index (κ2) is 7.25. The fourth-order valence-electron chi connectivity index (χ4n) is 3.21. The van der Waals surface area contributed by atoms with Gasteiger partial charge in [0, 0.05) is 28.7 Å². The summed E-state index contributed by atoms with van der Waals surface area (Å²) in [4.78, 5) is 3.31. The molecular weight excluding hydrogens is 364 g/mol. The predicted molar refractivity (Wildman–Crippen MR) is 106 cm³/mol. The number of methoxy groups -OCH3 is 2. The summed E-state index contributed by atoms with van der Waals surface area (Å²) in [5.74, 6) is 0.772. The van der Waals surface area contributed by atoms with Crippen molar-refractivity contribution in [2.75, 3.05) is 14.2 Å². The number of aromatic nitrogens is 1. The Hall–Kier alpha value is -2.51. The fraction of sp³-hybridized carbons (Fsp3) is 0.300. The van der Waals surface area contributed by atoms with E-state index in [0.29, 0.717) is 12.2 Å². The molecule has 1 aromatic heterocycles. The third kappa shape index (κ3) is 4.09. The van der Waals surface area contributed by atoms with Crippen molar-refractivity contribution in [2.24, 2.45) is 0 Å². The van der Waals surface area contributed by atoms with Crippen LogP contribution in [0, 0.1) is 0 Å². The van der Waals surface area contributed by atoms with Gasteiger partial charge >= 0.3 is 0 Å². The molecule has 7 heteroatoms. The highest BCUT2D eigenvalue weighted by Crippen LogP contribution is 2.30. The van der Waals surface area contributed by atoms with Crippen molar-refractivity contribution in [1.82, 2.24) is 9.71 Å². The Morgan fingerprint density at radius 3 is 2.52 bits per heavy atom. The van der Waals surface area contributed by atoms with Crippen molar-refractivity contribution in [3.8, 4) is 11.5 Å². The Balaban J connectivity index is 1.88. The first-order chi connectivity index (χ1) is 12.8. The predicted octanol–water partition coefficient (Wildman–Crippen LogP) is 3.48. The Morgan fingerprint density at radius 2 is 1.81 bits per heavy atom. The number of ether oxygens (including phenoxy) is 2. The van der Waals surface area contributed by atoms with Gasteiger partial charge in [-0.25, -0.2) is 13.1 Å². The van der Waals surface area contributed by atoms with Crippen molar-refractivity contribution in [3.63, 3.8) is 0 Å². The van der Waals surface area contributed by atoms with Gasteiger partial charge in [0.25, 0.3) is 0 Å². The summed E-state index contributed by atoms with van der Waals surface area (Å²) in [7, 11) is -0.828. The number of fused-ring (bicyclic) bond motifs is 1. The third-order valence-corrected chi connectivity index (χ3v) is 6.12. The van der Waals surface area contributed by atoms with Gasteiger partial charge in [0.1, 0.15) is 16.4 Å². The van der Waals surface area contributed by atoms with E-state index in [1.54, 1.807) is 12.1 Å². The lowest BCUT2D eigenvalue weighted by Crippen LogP contribution is -2.45. The lowest BCUT2D eigenvalue weighted by Gasteiger charge is -2.26. The van der Waals surface area contributed by atoms with Gasteiger partial charge in [-0.2, -0.15) is 0 Å². The largest absolute Gasteiger partial charge is 0.497 e. The Morgan fingerprint density at radius 1 is 1.07 bits per heavy atom.